The molecule has 0 bridgehead atoms. The highest BCUT2D eigenvalue weighted by Gasteiger charge is 1.95. The van der Waals surface area contributed by atoms with E-state index < -0.39 is 0 Å². The predicted octanol–water partition coefficient (Wildman–Crippen LogP) is 2.52. The van der Waals surface area contributed by atoms with Crippen molar-refractivity contribution in [2.45, 2.75) is 19.4 Å². The van der Waals surface area contributed by atoms with E-state index in [4.69, 9.17) is 16.7 Å². The lowest BCUT2D eigenvalue weighted by molar-refractivity contribution is 0.189. The van der Waals surface area contributed by atoms with Gasteiger partial charge in [-0.2, -0.15) is 0 Å². The first-order valence-corrected chi connectivity index (χ1v) is 4.74. The number of aliphatic hydroxyl groups excluding tert-OH is 1. The van der Waals surface area contributed by atoms with Crippen molar-refractivity contribution in [3.05, 3.63) is 29.3 Å². The summed E-state index contributed by atoms with van der Waals surface area (Å²) in [6, 6.07) is 7.52. The van der Waals surface area contributed by atoms with E-state index in [2.05, 4.69) is 5.32 Å². The Balaban J connectivity index is 2.33. The van der Waals surface area contributed by atoms with Crippen LogP contribution in [0.2, 0.25) is 5.02 Å². The number of aliphatic hydroxyl groups is 1. The molecule has 0 aliphatic rings. The van der Waals surface area contributed by atoms with Crippen LogP contribution < -0.4 is 5.32 Å². The summed E-state index contributed by atoms with van der Waals surface area (Å²) in [5.74, 6) is 0. The second kappa shape index (κ2) is 5.10. The number of nitrogens with one attached hydrogen (secondary N) is 1. The maximum atomic E-state index is 9.01. The number of anilines is 1. The minimum absolute atomic E-state index is 0.250. The van der Waals surface area contributed by atoms with Gasteiger partial charge < -0.3 is 10.4 Å². The van der Waals surface area contributed by atoms with Crippen LogP contribution in [0.4, 0.5) is 5.69 Å². The number of hydrogen-bond donors (Lipinski definition) is 2. The van der Waals surface area contributed by atoms with Gasteiger partial charge in [-0.25, -0.2) is 0 Å². The van der Waals surface area contributed by atoms with Crippen molar-refractivity contribution in [3.63, 3.8) is 0 Å². The molecule has 0 spiro atoms. The SMILES string of the molecule is CC(O)CCNc1ccc(Cl)cc1. The molecule has 0 aliphatic carbocycles. The van der Waals surface area contributed by atoms with Crippen LogP contribution in [0.5, 0.6) is 0 Å². The molecule has 2 N–H and O–H groups in total. The van der Waals surface area contributed by atoms with Gasteiger partial charge in [0.1, 0.15) is 0 Å². The smallest absolute Gasteiger partial charge is 0.0528 e. The Labute approximate surface area is 83.5 Å². The second-order valence-electron chi connectivity index (χ2n) is 3.07. The van der Waals surface area contributed by atoms with Crippen LogP contribution in [0.15, 0.2) is 24.3 Å². The van der Waals surface area contributed by atoms with Gasteiger partial charge in [0.15, 0.2) is 0 Å². The van der Waals surface area contributed by atoms with E-state index in [-0.39, 0.29) is 6.10 Å². The zero-order valence-corrected chi connectivity index (χ0v) is 8.38. The quantitative estimate of drug-likeness (QED) is 0.781. The molecule has 1 aromatic rings. The normalized spacial score (nSPS) is 12.5. The Bertz CT molecular complexity index is 246. The number of hydrogen-bond acceptors (Lipinski definition) is 2. The maximum Gasteiger partial charge on any atom is 0.0528 e. The van der Waals surface area contributed by atoms with Crippen LogP contribution in [0.25, 0.3) is 0 Å². The fraction of sp³-hybridized carbons (Fsp3) is 0.400. The summed E-state index contributed by atoms with van der Waals surface area (Å²) in [4.78, 5) is 0. The molecular formula is C10H14ClNO. The average molecular weight is 200 g/mol. The third-order valence-electron chi connectivity index (χ3n) is 1.74. The van der Waals surface area contributed by atoms with Gasteiger partial charge in [-0.1, -0.05) is 11.6 Å². The van der Waals surface area contributed by atoms with Crippen LogP contribution in [0.3, 0.4) is 0 Å². The minimum atomic E-state index is -0.250. The van der Waals surface area contributed by atoms with Crippen molar-refractivity contribution in [3.8, 4) is 0 Å². The first-order chi connectivity index (χ1) is 6.18. The molecule has 0 amide bonds. The van der Waals surface area contributed by atoms with Crippen molar-refractivity contribution in [1.29, 1.82) is 0 Å². The molecule has 1 unspecified atom stereocenters. The van der Waals surface area contributed by atoms with Gasteiger partial charge in [-0.15, -0.1) is 0 Å². The first kappa shape index (κ1) is 10.4. The Morgan fingerprint density at radius 2 is 2.00 bits per heavy atom. The Kier molecular flexibility index (Phi) is 4.06. The third-order valence-corrected chi connectivity index (χ3v) is 1.99. The Morgan fingerprint density at radius 1 is 1.38 bits per heavy atom. The monoisotopic (exact) mass is 199 g/mol. The highest BCUT2D eigenvalue weighted by atomic mass is 35.5. The molecule has 72 valence electrons. The van der Waals surface area contributed by atoms with Gasteiger partial charge in [0, 0.05) is 17.3 Å². The van der Waals surface area contributed by atoms with Gasteiger partial charge in [0.25, 0.3) is 0 Å². The van der Waals surface area contributed by atoms with Crippen molar-refractivity contribution in [2.75, 3.05) is 11.9 Å². The number of benzene rings is 1. The molecule has 0 radical (unpaired) electrons. The van der Waals surface area contributed by atoms with E-state index in [1.807, 2.05) is 24.3 Å². The highest BCUT2D eigenvalue weighted by molar-refractivity contribution is 6.30. The van der Waals surface area contributed by atoms with E-state index in [9.17, 15) is 0 Å². The van der Waals surface area contributed by atoms with Crippen molar-refractivity contribution in [1.82, 2.24) is 0 Å². The van der Waals surface area contributed by atoms with Crippen molar-refractivity contribution >= 4 is 17.3 Å². The lowest BCUT2D eigenvalue weighted by Gasteiger charge is -2.07. The van der Waals surface area contributed by atoms with Gasteiger partial charge in [-0.05, 0) is 37.6 Å². The zero-order valence-electron chi connectivity index (χ0n) is 7.63. The average Bonchev–Trinajstić information content (AvgIpc) is 2.08. The maximum absolute atomic E-state index is 9.01. The molecule has 1 rings (SSSR count). The predicted molar refractivity (Wildman–Crippen MR) is 56.2 cm³/mol. The number of halogens is 1. The summed E-state index contributed by atoms with van der Waals surface area (Å²) >= 11 is 5.73. The molecule has 1 atom stereocenters. The first-order valence-electron chi connectivity index (χ1n) is 4.36. The summed E-state index contributed by atoms with van der Waals surface area (Å²) in [5, 5.41) is 12.9. The zero-order chi connectivity index (χ0) is 9.68. The molecule has 0 heterocycles. The molecule has 0 aromatic heterocycles. The van der Waals surface area contributed by atoms with Crippen LogP contribution in [-0.2, 0) is 0 Å². The van der Waals surface area contributed by atoms with Gasteiger partial charge >= 0.3 is 0 Å². The molecule has 0 fully saturated rings. The lowest BCUT2D eigenvalue weighted by Crippen LogP contribution is -2.09. The molecular weight excluding hydrogens is 186 g/mol. The fourth-order valence-electron chi connectivity index (χ4n) is 0.993. The summed E-state index contributed by atoms with van der Waals surface area (Å²) in [7, 11) is 0. The van der Waals surface area contributed by atoms with E-state index in [0.717, 1.165) is 23.7 Å². The lowest BCUT2D eigenvalue weighted by atomic mass is 10.2. The highest BCUT2D eigenvalue weighted by Crippen LogP contribution is 2.13. The summed E-state index contributed by atoms with van der Waals surface area (Å²) in [6.45, 7) is 2.56. The van der Waals surface area contributed by atoms with E-state index >= 15 is 0 Å². The summed E-state index contributed by atoms with van der Waals surface area (Å²) < 4.78 is 0. The Hall–Kier alpha value is -0.730. The van der Waals surface area contributed by atoms with E-state index in [0.29, 0.717) is 0 Å². The van der Waals surface area contributed by atoms with Gasteiger partial charge in [0.05, 0.1) is 6.10 Å². The largest absolute Gasteiger partial charge is 0.393 e. The molecule has 3 heteroatoms. The van der Waals surface area contributed by atoms with Crippen LogP contribution in [0, 0.1) is 0 Å². The molecule has 0 saturated carbocycles. The molecule has 0 saturated heterocycles. The molecule has 1 aromatic carbocycles. The summed E-state index contributed by atoms with van der Waals surface area (Å²) in [5.41, 5.74) is 1.03. The standard InChI is InChI=1S/C10H14ClNO/c1-8(13)6-7-12-10-4-2-9(11)3-5-10/h2-5,8,12-13H,6-7H2,1H3. The van der Waals surface area contributed by atoms with Crippen LogP contribution >= 0.6 is 11.6 Å². The van der Waals surface area contributed by atoms with Crippen LogP contribution in [-0.4, -0.2) is 17.8 Å². The van der Waals surface area contributed by atoms with E-state index in [1.54, 1.807) is 6.92 Å². The molecule has 0 aliphatic heterocycles. The topological polar surface area (TPSA) is 32.3 Å². The van der Waals surface area contributed by atoms with Gasteiger partial charge in [0.2, 0.25) is 0 Å². The minimum Gasteiger partial charge on any atom is -0.393 e. The fourth-order valence-corrected chi connectivity index (χ4v) is 1.12. The van der Waals surface area contributed by atoms with E-state index in [1.165, 1.54) is 0 Å². The van der Waals surface area contributed by atoms with Crippen LogP contribution in [0.1, 0.15) is 13.3 Å². The number of rotatable bonds is 4. The van der Waals surface area contributed by atoms with Crippen molar-refractivity contribution in [2.24, 2.45) is 0 Å². The molecule has 2 nitrogen and oxygen atoms in total. The Morgan fingerprint density at radius 3 is 2.54 bits per heavy atom. The second-order valence-corrected chi connectivity index (χ2v) is 3.51. The van der Waals surface area contributed by atoms with Crippen molar-refractivity contribution < 1.29 is 5.11 Å². The van der Waals surface area contributed by atoms with Gasteiger partial charge in [-0.3, -0.25) is 0 Å². The molecule has 13 heavy (non-hydrogen) atoms. The third kappa shape index (κ3) is 4.15. The summed E-state index contributed by atoms with van der Waals surface area (Å²) in [6.07, 6.45) is 0.502.